The van der Waals surface area contributed by atoms with Gasteiger partial charge in [0.1, 0.15) is 0 Å². The fraction of sp³-hybridized carbons (Fsp3) is 0.455. The van der Waals surface area contributed by atoms with Crippen LogP contribution in [0.3, 0.4) is 0 Å². The summed E-state index contributed by atoms with van der Waals surface area (Å²) >= 11 is 0. The molecule has 2 aromatic carbocycles. The highest BCUT2D eigenvalue weighted by molar-refractivity contribution is 5.14. The molecule has 0 amide bonds. The molecule has 2 nitrogen and oxygen atoms in total. The highest BCUT2D eigenvalue weighted by Gasteiger charge is 2.27. The van der Waals surface area contributed by atoms with Gasteiger partial charge in [0.25, 0.3) is 0 Å². The van der Waals surface area contributed by atoms with Crippen molar-refractivity contribution in [2.75, 3.05) is 6.61 Å². The van der Waals surface area contributed by atoms with Gasteiger partial charge in [0, 0.05) is 6.61 Å². The van der Waals surface area contributed by atoms with E-state index in [2.05, 4.69) is 55.5 Å². The van der Waals surface area contributed by atoms with Crippen LogP contribution in [0, 0.1) is 11.8 Å². The third-order valence-electron chi connectivity index (χ3n) is 4.79. The quantitative estimate of drug-likeness (QED) is 0.695. The Labute approximate surface area is 145 Å². The maximum absolute atomic E-state index is 6.18. The molecule has 0 heterocycles. The Morgan fingerprint density at radius 3 is 2.08 bits per heavy atom. The van der Waals surface area contributed by atoms with Crippen molar-refractivity contribution in [1.82, 2.24) is 0 Å². The van der Waals surface area contributed by atoms with Crippen LogP contribution >= 0.6 is 0 Å². The van der Waals surface area contributed by atoms with Crippen molar-refractivity contribution in [3.05, 3.63) is 71.8 Å². The van der Waals surface area contributed by atoms with Crippen LogP contribution in [0.2, 0.25) is 0 Å². The molecule has 3 atom stereocenters. The predicted molar refractivity (Wildman–Crippen MR) is 97.6 cm³/mol. The molecule has 1 aliphatic carbocycles. The Morgan fingerprint density at radius 1 is 0.792 bits per heavy atom. The first-order valence-corrected chi connectivity index (χ1v) is 9.07. The summed E-state index contributed by atoms with van der Waals surface area (Å²) in [7, 11) is 0. The standard InChI is InChI=1S/C22H28O2/c1-18-12-21(16-23-15-19-8-4-2-5-9-19)14-22(13-18)24-17-20-10-6-3-7-11-20/h2-11,18,21-22H,12-17H2,1H3/t18?,21?,22-/m1/s1. The molecule has 2 unspecified atom stereocenters. The average Bonchev–Trinajstić information content (AvgIpc) is 2.61. The molecular formula is C22H28O2. The van der Waals surface area contributed by atoms with Gasteiger partial charge in [0.2, 0.25) is 0 Å². The zero-order chi connectivity index (χ0) is 16.6. The molecular weight excluding hydrogens is 296 g/mol. The third kappa shape index (κ3) is 5.47. The molecule has 0 aliphatic heterocycles. The molecule has 1 aliphatic rings. The van der Waals surface area contributed by atoms with E-state index in [-0.39, 0.29) is 0 Å². The third-order valence-corrected chi connectivity index (χ3v) is 4.79. The van der Waals surface area contributed by atoms with Gasteiger partial charge in [0.15, 0.2) is 0 Å². The summed E-state index contributed by atoms with van der Waals surface area (Å²) in [5, 5.41) is 0. The number of ether oxygens (including phenoxy) is 2. The Kier molecular flexibility index (Phi) is 6.45. The summed E-state index contributed by atoms with van der Waals surface area (Å²) in [4.78, 5) is 0. The van der Waals surface area contributed by atoms with Gasteiger partial charge in [-0.15, -0.1) is 0 Å². The molecule has 2 heteroatoms. The molecule has 1 saturated carbocycles. The molecule has 24 heavy (non-hydrogen) atoms. The van der Waals surface area contributed by atoms with Crippen molar-refractivity contribution >= 4 is 0 Å². The van der Waals surface area contributed by atoms with E-state index in [0.717, 1.165) is 19.6 Å². The van der Waals surface area contributed by atoms with E-state index >= 15 is 0 Å². The van der Waals surface area contributed by atoms with Crippen LogP contribution in [-0.4, -0.2) is 12.7 Å². The monoisotopic (exact) mass is 324 g/mol. The van der Waals surface area contributed by atoms with Crippen molar-refractivity contribution in [3.63, 3.8) is 0 Å². The van der Waals surface area contributed by atoms with Gasteiger partial charge in [-0.05, 0) is 42.2 Å². The molecule has 128 valence electrons. The molecule has 0 N–H and O–H groups in total. The van der Waals surface area contributed by atoms with E-state index in [0.29, 0.717) is 24.5 Å². The lowest BCUT2D eigenvalue weighted by Gasteiger charge is -2.33. The zero-order valence-electron chi connectivity index (χ0n) is 14.6. The minimum Gasteiger partial charge on any atom is -0.376 e. The zero-order valence-corrected chi connectivity index (χ0v) is 14.6. The van der Waals surface area contributed by atoms with E-state index in [4.69, 9.17) is 9.47 Å². The number of rotatable bonds is 7. The van der Waals surface area contributed by atoms with Crippen molar-refractivity contribution < 1.29 is 9.47 Å². The minimum absolute atomic E-state index is 0.360. The molecule has 0 spiro atoms. The Balaban J connectivity index is 1.43. The van der Waals surface area contributed by atoms with E-state index < -0.39 is 0 Å². The maximum Gasteiger partial charge on any atom is 0.0720 e. The maximum atomic E-state index is 6.18. The van der Waals surface area contributed by atoms with Gasteiger partial charge in [-0.1, -0.05) is 67.6 Å². The lowest BCUT2D eigenvalue weighted by molar-refractivity contribution is -0.0314. The van der Waals surface area contributed by atoms with Gasteiger partial charge in [0.05, 0.1) is 19.3 Å². The number of hydrogen-bond donors (Lipinski definition) is 0. The van der Waals surface area contributed by atoms with Crippen molar-refractivity contribution in [3.8, 4) is 0 Å². The van der Waals surface area contributed by atoms with Crippen LogP contribution in [0.25, 0.3) is 0 Å². The lowest BCUT2D eigenvalue weighted by Crippen LogP contribution is -2.29. The van der Waals surface area contributed by atoms with Gasteiger partial charge in [-0.3, -0.25) is 0 Å². The summed E-state index contributed by atoms with van der Waals surface area (Å²) in [6.45, 7) is 4.60. The summed E-state index contributed by atoms with van der Waals surface area (Å²) in [5.41, 5.74) is 2.51. The second kappa shape index (κ2) is 9.00. The molecule has 1 fully saturated rings. The molecule has 0 aromatic heterocycles. The Bertz CT molecular complexity index is 581. The second-order valence-corrected chi connectivity index (χ2v) is 7.10. The highest BCUT2D eigenvalue weighted by Crippen LogP contribution is 2.31. The number of hydrogen-bond acceptors (Lipinski definition) is 2. The SMILES string of the molecule is CC1CC(COCc2ccccc2)C[C@H](OCc2ccccc2)C1. The van der Waals surface area contributed by atoms with Crippen LogP contribution < -0.4 is 0 Å². The summed E-state index contributed by atoms with van der Waals surface area (Å²) in [6.07, 6.45) is 3.90. The van der Waals surface area contributed by atoms with Crippen LogP contribution in [0.15, 0.2) is 60.7 Å². The molecule has 2 aromatic rings. The van der Waals surface area contributed by atoms with Gasteiger partial charge >= 0.3 is 0 Å². The lowest BCUT2D eigenvalue weighted by atomic mass is 9.81. The summed E-state index contributed by atoms with van der Waals surface area (Å²) in [5.74, 6) is 1.32. The van der Waals surface area contributed by atoms with Crippen LogP contribution in [0.5, 0.6) is 0 Å². The first kappa shape index (κ1) is 17.2. The topological polar surface area (TPSA) is 18.5 Å². The molecule has 3 rings (SSSR count). The van der Waals surface area contributed by atoms with Crippen molar-refractivity contribution in [2.24, 2.45) is 11.8 Å². The highest BCUT2D eigenvalue weighted by atomic mass is 16.5. The van der Waals surface area contributed by atoms with E-state index in [1.54, 1.807) is 0 Å². The average molecular weight is 324 g/mol. The van der Waals surface area contributed by atoms with Crippen LogP contribution in [-0.2, 0) is 22.7 Å². The Hall–Kier alpha value is -1.64. The van der Waals surface area contributed by atoms with Gasteiger partial charge in [-0.2, -0.15) is 0 Å². The normalized spacial score (nSPS) is 24.0. The van der Waals surface area contributed by atoms with Gasteiger partial charge < -0.3 is 9.47 Å². The van der Waals surface area contributed by atoms with Crippen LogP contribution in [0.1, 0.15) is 37.3 Å². The molecule has 0 saturated heterocycles. The van der Waals surface area contributed by atoms with Gasteiger partial charge in [-0.25, -0.2) is 0 Å². The predicted octanol–water partition coefficient (Wildman–Crippen LogP) is 5.22. The number of benzene rings is 2. The smallest absolute Gasteiger partial charge is 0.0720 e. The fourth-order valence-corrected chi connectivity index (χ4v) is 3.66. The first-order valence-electron chi connectivity index (χ1n) is 9.07. The summed E-state index contributed by atoms with van der Waals surface area (Å²) < 4.78 is 12.1. The first-order chi connectivity index (χ1) is 11.8. The summed E-state index contributed by atoms with van der Waals surface area (Å²) in [6, 6.07) is 20.9. The molecule has 0 bridgehead atoms. The Morgan fingerprint density at radius 2 is 1.42 bits per heavy atom. The molecule has 0 radical (unpaired) electrons. The van der Waals surface area contributed by atoms with E-state index in [1.165, 1.54) is 24.0 Å². The van der Waals surface area contributed by atoms with Crippen molar-refractivity contribution in [2.45, 2.75) is 45.5 Å². The minimum atomic E-state index is 0.360. The largest absolute Gasteiger partial charge is 0.376 e. The fourth-order valence-electron chi connectivity index (χ4n) is 3.66. The van der Waals surface area contributed by atoms with E-state index in [1.807, 2.05) is 12.1 Å². The van der Waals surface area contributed by atoms with Crippen LogP contribution in [0.4, 0.5) is 0 Å². The van der Waals surface area contributed by atoms with E-state index in [9.17, 15) is 0 Å². The van der Waals surface area contributed by atoms with Crippen molar-refractivity contribution in [1.29, 1.82) is 0 Å². The second-order valence-electron chi connectivity index (χ2n) is 7.10.